The molecule has 3 heterocycles. The summed E-state index contributed by atoms with van der Waals surface area (Å²) in [5, 5.41) is 4.89. The van der Waals surface area contributed by atoms with Crippen molar-refractivity contribution < 1.29 is 4.74 Å². The van der Waals surface area contributed by atoms with Crippen LogP contribution in [-0.2, 0) is 11.2 Å². The summed E-state index contributed by atoms with van der Waals surface area (Å²) in [4.78, 5) is 23.4. The Labute approximate surface area is 144 Å². The van der Waals surface area contributed by atoms with Crippen LogP contribution in [-0.4, -0.2) is 33.0 Å². The van der Waals surface area contributed by atoms with Crippen molar-refractivity contribution in [1.29, 1.82) is 0 Å². The Hall–Kier alpha value is -2.98. The van der Waals surface area contributed by atoms with E-state index in [0.29, 0.717) is 42.2 Å². The van der Waals surface area contributed by atoms with Gasteiger partial charge in [0.25, 0.3) is 5.56 Å². The van der Waals surface area contributed by atoms with Crippen molar-refractivity contribution in [1.82, 2.24) is 19.7 Å². The number of aromatic nitrogens is 4. The summed E-state index contributed by atoms with van der Waals surface area (Å²) in [5.41, 5.74) is 1.82. The Morgan fingerprint density at radius 2 is 2.12 bits per heavy atom. The summed E-state index contributed by atoms with van der Waals surface area (Å²) >= 11 is 0. The standard InChI is InChI=1S/C18H17N5O2/c1-19-15-5-3-2-4-12(15)10-16-21-17-14(18(24)22-16)11-20-23(17)13-6-8-25-9-7-13/h2-5,11,13H,6-10H2,(H,21,22,24). The normalized spacial score (nSPS) is 15.3. The molecule has 0 spiro atoms. The number of benzene rings is 1. The molecule has 0 amide bonds. The van der Waals surface area contributed by atoms with Gasteiger partial charge in [-0.25, -0.2) is 14.5 Å². The van der Waals surface area contributed by atoms with Crippen molar-refractivity contribution in [3.63, 3.8) is 0 Å². The average molecular weight is 335 g/mol. The van der Waals surface area contributed by atoms with Gasteiger partial charge in [-0.1, -0.05) is 24.3 Å². The molecule has 7 heteroatoms. The van der Waals surface area contributed by atoms with Gasteiger partial charge >= 0.3 is 0 Å². The summed E-state index contributed by atoms with van der Waals surface area (Å²) in [6.45, 7) is 8.66. The molecule has 1 aliphatic rings. The lowest BCUT2D eigenvalue weighted by molar-refractivity contribution is 0.0673. The van der Waals surface area contributed by atoms with Crippen LogP contribution >= 0.6 is 0 Å². The lowest BCUT2D eigenvalue weighted by atomic mass is 10.1. The van der Waals surface area contributed by atoms with Crippen LogP contribution in [0, 0.1) is 6.57 Å². The SMILES string of the molecule is [C-]#[N+]c1ccccc1Cc1nc2c(cnn2C2CCOCC2)c(=O)[nH]1. The number of aromatic amines is 1. The molecule has 0 bridgehead atoms. The minimum absolute atomic E-state index is 0.196. The second kappa shape index (κ2) is 6.49. The first kappa shape index (κ1) is 15.5. The van der Waals surface area contributed by atoms with Gasteiger partial charge in [-0.05, 0) is 18.4 Å². The van der Waals surface area contributed by atoms with Crippen LogP contribution in [0.2, 0.25) is 0 Å². The van der Waals surface area contributed by atoms with E-state index >= 15 is 0 Å². The molecule has 1 saturated heterocycles. The molecule has 1 fully saturated rings. The molecule has 2 aromatic heterocycles. The van der Waals surface area contributed by atoms with Gasteiger partial charge in [0.05, 0.1) is 18.8 Å². The highest BCUT2D eigenvalue weighted by Crippen LogP contribution is 2.24. The van der Waals surface area contributed by atoms with E-state index in [2.05, 4.69) is 19.9 Å². The molecule has 126 valence electrons. The number of nitrogens with zero attached hydrogens (tertiary/aromatic N) is 4. The van der Waals surface area contributed by atoms with E-state index in [-0.39, 0.29) is 11.6 Å². The predicted molar refractivity (Wildman–Crippen MR) is 92.7 cm³/mol. The zero-order valence-electron chi connectivity index (χ0n) is 13.6. The highest BCUT2D eigenvalue weighted by Gasteiger charge is 2.20. The van der Waals surface area contributed by atoms with Crippen LogP contribution < -0.4 is 5.56 Å². The van der Waals surface area contributed by atoms with Gasteiger partial charge in [0.2, 0.25) is 0 Å². The maximum absolute atomic E-state index is 12.4. The van der Waals surface area contributed by atoms with Crippen molar-refractivity contribution in [3.8, 4) is 0 Å². The first-order chi connectivity index (χ1) is 12.3. The molecule has 4 rings (SSSR count). The molecule has 0 atom stereocenters. The van der Waals surface area contributed by atoms with Crippen LogP contribution in [0.1, 0.15) is 30.3 Å². The summed E-state index contributed by atoms with van der Waals surface area (Å²) in [6.07, 6.45) is 3.71. The second-order valence-corrected chi connectivity index (χ2v) is 6.10. The van der Waals surface area contributed by atoms with E-state index in [0.717, 1.165) is 18.4 Å². The van der Waals surface area contributed by atoms with E-state index in [1.807, 2.05) is 22.9 Å². The van der Waals surface area contributed by atoms with Gasteiger partial charge < -0.3 is 9.72 Å². The van der Waals surface area contributed by atoms with Gasteiger partial charge in [-0.2, -0.15) is 5.10 Å². The third kappa shape index (κ3) is 2.92. The van der Waals surface area contributed by atoms with Crippen molar-refractivity contribution in [2.24, 2.45) is 0 Å². The van der Waals surface area contributed by atoms with Gasteiger partial charge in [0, 0.05) is 19.6 Å². The number of ether oxygens (including phenoxy) is 1. The lowest BCUT2D eigenvalue weighted by Gasteiger charge is -2.22. The predicted octanol–water partition coefficient (Wildman–Crippen LogP) is 2.61. The third-order valence-electron chi connectivity index (χ3n) is 4.52. The van der Waals surface area contributed by atoms with Crippen LogP contribution in [0.15, 0.2) is 35.3 Å². The molecule has 1 aromatic carbocycles. The van der Waals surface area contributed by atoms with E-state index in [9.17, 15) is 4.79 Å². The Morgan fingerprint density at radius 3 is 2.92 bits per heavy atom. The molecule has 0 saturated carbocycles. The second-order valence-electron chi connectivity index (χ2n) is 6.10. The number of fused-ring (bicyclic) bond motifs is 1. The van der Waals surface area contributed by atoms with Crippen LogP contribution in [0.5, 0.6) is 0 Å². The summed E-state index contributed by atoms with van der Waals surface area (Å²) < 4.78 is 7.25. The van der Waals surface area contributed by atoms with Crippen molar-refractivity contribution in [2.75, 3.05) is 13.2 Å². The number of hydrogen-bond acceptors (Lipinski definition) is 4. The fourth-order valence-electron chi connectivity index (χ4n) is 3.21. The molecule has 0 unspecified atom stereocenters. The number of nitrogens with one attached hydrogen (secondary N) is 1. The van der Waals surface area contributed by atoms with E-state index in [1.165, 1.54) is 0 Å². The minimum Gasteiger partial charge on any atom is -0.381 e. The van der Waals surface area contributed by atoms with Crippen molar-refractivity contribution in [2.45, 2.75) is 25.3 Å². The maximum atomic E-state index is 12.4. The topological polar surface area (TPSA) is 77.2 Å². The zero-order valence-corrected chi connectivity index (χ0v) is 13.6. The number of hydrogen-bond donors (Lipinski definition) is 1. The molecular formula is C18H17N5O2. The molecule has 1 aliphatic heterocycles. The lowest BCUT2D eigenvalue weighted by Crippen LogP contribution is -2.21. The zero-order chi connectivity index (χ0) is 17.2. The van der Waals surface area contributed by atoms with Crippen molar-refractivity contribution >= 4 is 16.7 Å². The van der Waals surface area contributed by atoms with Crippen molar-refractivity contribution in [3.05, 3.63) is 63.6 Å². The first-order valence-corrected chi connectivity index (χ1v) is 8.26. The van der Waals surface area contributed by atoms with Gasteiger partial charge in [-0.3, -0.25) is 4.79 Å². The maximum Gasteiger partial charge on any atom is 0.262 e. The number of H-pyrrole nitrogens is 1. The molecular weight excluding hydrogens is 318 g/mol. The first-order valence-electron chi connectivity index (χ1n) is 8.26. The third-order valence-corrected chi connectivity index (χ3v) is 4.52. The fourth-order valence-corrected chi connectivity index (χ4v) is 3.21. The molecule has 3 aromatic rings. The highest BCUT2D eigenvalue weighted by molar-refractivity contribution is 5.73. The number of rotatable bonds is 3. The van der Waals surface area contributed by atoms with Crippen LogP contribution in [0.25, 0.3) is 15.9 Å². The molecule has 7 nitrogen and oxygen atoms in total. The monoisotopic (exact) mass is 335 g/mol. The van der Waals surface area contributed by atoms with Crippen LogP contribution in [0.3, 0.4) is 0 Å². The Bertz CT molecular complexity index is 1010. The number of para-hydroxylation sites is 1. The van der Waals surface area contributed by atoms with E-state index < -0.39 is 0 Å². The molecule has 25 heavy (non-hydrogen) atoms. The Kier molecular flexibility index (Phi) is 4.04. The highest BCUT2D eigenvalue weighted by atomic mass is 16.5. The molecule has 1 N–H and O–H groups in total. The van der Waals surface area contributed by atoms with Gasteiger partial charge in [0.1, 0.15) is 11.2 Å². The largest absolute Gasteiger partial charge is 0.381 e. The minimum atomic E-state index is -0.196. The van der Waals surface area contributed by atoms with Gasteiger partial charge in [-0.15, -0.1) is 0 Å². The average Bonchev–Trinajstić information content (AvgIpc) is 3.07. The van der Waals surface area contributed by atoms with E-state index in [4.69, 9.17) is 11.3 Å². The molecule has 0 aliphatic carbocycles. The Morgan fingerprint density at radius 1 is 1.32 bits per heavy atom. The Balaban J connectivity index is 1.75. The quantitative estimate of drug-likeness (QED) is 0.747. The summed E-state index contributed by atoms with van der Waals surface area (Å²) in [6, 6.07) is 7.56. The van der Waals surface area contributed by atoms with Crippen LogP contribution in [0.4, 0.5) is 5.69 Å². The smallest absolute Gasteiger partial charge is 0.262 e. The summed E-state index contributed by atoms with van der Waals surface area (Å²) in [7, 11) is 0. The van der Waals surface area contributed by atoms with Gasteiger partial charge in [0.15, 0.2) is 11.3 Å². The summed E-state index contributed by atoms with van der Waals surface area (Å²) in [5.74, 6) is 0.544. The molecule has 0 radical (unpaired) electrons. The van der Waals surface area contributed by atoms with E-state index in [1.54, 1.807) is 12.3 Å². The fraction of sp³-hybridized carbons (Fsp3) is 0.333.